The summed E-state index contributed by atoms with van der Waals surface area (Å²) >= 11 is 0. The van der Waals surface area contributed by atoms with Crippen LogP contribution in [0.1, 0.15) is 5.56 Å². The molecule has 166 valence electrons. The van der Waals surface area contributed by atoms with E-state index in [9.17, 15) is 10.2 Å². The second-order valence-electron chi connectivity index (χ2n) is 7.01. The van der Waals surface area contributed by atoms with Crippen molar-refractivity contribution in [1.29, 1.82) is 0 Å². The first-order valence-corrected chi connectivity index (χ1v) is 10.1. The lowest BCUT2D eigenvalue weighted by Gasteiger charge is -2.11. The second kappa shape index (κ2) is 9.69. The highest BCUT2D eigenvalue weighted by atomic mass is 16.5. The molecule has 0 aliphatic rings. The maximum Gasteiger partial charge on any atom is 0.244 e. The van der Waals surface area contributed by atoms with Crippen LogP contribution in [0.25, 0.3) is 22.5 Å². The van der Waals surface area contributed by atoms with Crippen LogP contribution in [0.4, 0.5) is 5.95 Å². The fourth-order valence-corrected chi connectivity index (χ4v) is 3.20. The molecule has 0 bridgehead atoms. The Morgan fingerprint density at radius 3 is 2.21 bits per heavy atom. The molecule has 0 saturated heterocycles. The van der Waals surface area contributed by atoms with E-state index in [0.29, 0.717) is 28.5 Å². The maximum atomic E-state index is 9.93. The molecule has 4 aromatic rings. The van der Waals surface area contributed by atoms with Crippen molar-refractivity contribution in [1.82, 2.24) is 9.97 Å². The number of phenols is 2. The third kappa shape index (κ3) is 5.01. The first-order valence-electron chi connectivity index (χ1n) is 10.1. The molecule has 0 fully saturated rings. The molecule has 0 radical (unpaired) electrons. The fourth-order valence-electron chi connectivity index (χ4n) is 3.20. The largest absolute Gasteiger partial charge is 0.508 e. The Morgan fingerprint density at radius 2 is 1.52 bits per heavy atom. The topological polar surface area (TPSA) is 109 Å². The molecule has 0 unspecified atom stereocenters. The lowest BCUT2D eigenvalue weighted by atomic mass is 10.1. The number of nitrogens with zero attached hydrogens (tertiary/aromatic N) is 3. The van der Waals surface area contributed by atoms with Crippen LogP contribution >= 0.6 is 0 Å². The highest BCUT2D eigenvalue weighted by Gasteiger charge is 2.11. The number of aromatic hydroxyl groups is 2. The molecule has 3 N–H and O–H groups in total. The summed E-state index contributed by atoms with van der Waals surface area (Å²) in [6.45, 7) is 0. The average molecular weight is 442 g/mol. The molecule has 0 spiro atoms. The van der Waals surface area contributed by atoms with Crippen LogP contribution < -0.4 is 14.9 Å². The van der Waals surface area contributed by atoms with Gasteiger partial charge in [0.15, 0.2) is 11.5 Å². The minimum Gasteiger partial charge on any atom is -0.508 e. The van der Waals surface area contributed by atoms with Gasteiger partial charge in [0.05, 0.1) is 31.8 Å². The van der Waals surface area contributed by atoms with Gasteiger partial charge in [-0.25, -0.2) is 15.4 Å². The van der Waals surface area contributed by atoms with Gasteiger partial charge >= 0.3 is 0 Å². The molecule has 4 rings (SSSR count). The molecule has 0 aliphatic carbocycles. The minimum atomic E-state index is -0.0921. The zero-order chi connectivity index (χ0) is 23.2. The summed E-state index contributed by atoms with van der Waals surface area (Å²) in [5.74, 6) is 1.36. The number of rotatable bonds is 7. The van der Waals surface area contributed by atoms with Crippen LogP contribution in [-0.4, -0.2) is 40.6 Å². The number of methoxy groups -OCH3 is 2. The van der Waals surface area contributed by atoms with E-state index < -0.39 is 0 Å². The van der Waals surface area contributed by atoms with Crippen molar-refractivity contribution in [2.45, 2.75) is 0 Å². The van der Waals surface area contributed by atoms with Crippen LogP contribution in [0.5, 0.6) is 23.0 Å². The monoisotopic (exact) mass is 442 g/mol. The smallest absolute Gasteiger partial charge is 0.244 e. The van der Waals surface area contributed by atoms with Gasteiger partial charge in [-0.05, 0) is 36.4 Å². The molecular formula is C25H22N4O4. The first kappa shape index (κ1) is 21.6. The van der Waals surface area contributed by atoms with Gasteiger partial charge in [-0.15, -0.1) is 0 Å². The zero-order valence-electron chi connectivity index (χ0n) is 18.1. The van der Waals surface area contributed by atoms with Gasteiger partial charge in [-0.3, -0.25) is 0 Å². The molecule has 33 heavy (non-hydrogen) atoms. The number of anilines is 1. The van der Waals surface area contributed by atoms with Crippen LogP contribution in [0.3, 0.4) is 0 Å². The summed E-state index contributed by atoms with van der Waals surface area (Å²) in [7, 11) is 3.17. The Labute approximate surface area is 190 Å². The first-order chi connectivity index (χ1) is 16.1. The molecule has 0 aliphatic heterocycles. The maximum absolute atomic E-state index is 9.93. The van der Waals surface area contributed by atoms with Crippen LogP contribution in [0.2, 0.25) is 0 Å². The number of phenolic OH excluding ortho intramolecular Hbond substituents is 2. The van der Waals surface area contributed by atoms with Gasteiger partial charge in [-0.1, -0.05) is 30.3 Å². The van der Waals surface area contributed by atoms with Gasteiger partial charge in [0.25, 0.3) is 0 Å². The summed E-state index contributed by atoms with van der Waals surface area (Å²) in [5.41, 5.74) is 6.36. The van der Waals surface area contributed by atoms with E-state index in [1.165, 1.54) is 18.3 Å². The van der Waals surface area contributed by atoms with Gasteiger partial charge in [-0.2, -0.15) is 5.10 Å². The van der Waals surface area contributed by atoms with Crippen molar-refractivity contribution in [2.75, 3.05) is 19.6 Å². The highest BCUT2D eigenvalue weighted by Crippen LogP contribution is 2.33. The number of hydrazone groups is 1. The van der Waals surface area contributed by atoms with Crippen molar-refractivity contribution in [3.05, 3.63) is 78.4 Å². The van der Waals surface area contributed by atoms with E-state index in [0.717, 1.165) is 11.1 Å². The summed E-state index contributed by atoms with van der Waals surface area (Å²) in [4.78, 5) is 9.17. The number of benzene rings is 3. The molecule has 0 saturated carbocycles. The molecule has 8 nitrogen and oxygen atoms in total. The van der Waals surface area contributed by atoms with E-state index in [-0.39, 0.29) is 17.4 Å². The van der Waals surface area contributed by atoms with E-state index in [1.54, 1.807) is 20.3 Å². The molecule has 3 aromatic carbocycles. The summed E-state index contributed by atoms with van der Waals surface area (Å²) in [5, 5.41) is 23.5. The summed E-state index contributed by atoms with van der Waals surface area (Å²) < 4.78 is 10.8. The Hall–Kier alpha value is -4.59. The van der Waals surface area contributed by atoms with Crippen LogP contribution in [0, 0.1) is 0 Å². The van der Waals surface area contributed by atoms with Gasteiger partial charge in [0.2, 0.25) is 5.95 Å². The van der Waals surface area contributed by atoms with E-state index in [2.05, 4.69) is 20.5 Å². The molecule has 0 atom stereocenters. The standard InChI is InChI=1S/C25H22N4O4/c1-32-23-11-9-17(12-24(23)33-2)21-14-20(16-6-4-3-5-7-16)27-25(28-21)29-26-15-18-8-10-19(30)13-22(18)31/h3-15,30-31H,1-2H3,(H,27,28,29)/b26-15-. The van der Waals surface area contributed by atoms with Crippen molar-refractivity contribution in [3.8, 4) is 45.5 Å². The second-order valence-corrected chi connectivity index (χ2v) is 7.01. The lowest BCUT2D eigenvalue weighted by molar-refractivity contribution is 0.355. The molecule has 1 heterocycles. The van der Waals surface area contributed by atoms with E-state index in [1.807, 2.05) is 54.6 Å². The third-order valence-corrected chi connectivity index (χ3v) is 4.86. The molecular weight excluding hydrogens is 420 g/mol. The van der Waals surface area contributed by atoms with Crippen LogP contribution in [-0.2, 0) is 0 Å². The van der Waals surface area contributed by atoms with Gasteiger partial charge < -0.3 is 19.7 Å². The molecule has 8 heteroatoms. The van der Waals surface area contributed by atoms with Gasteiger partial charge in [0, 0.05) is 22.8 Å². The van der Waals surface area contributed by atoms with Crippen molar-refractivity contribution < 1.29 is 19.7 Å². The lowest BCUT2D eigenvalue weighted by Crippen LogP contribution is -2.00. The quantitative estimate of drug-likeness (QED) is 0.281. The number of ether oxygens (including phenoxy) is 2. The fraction of sp³-hybridized carbons (Fsp3) is 0.0800. The Bertz CT molecular complexity index is 1290. The van der Waals surface area contributed by atoms with E-state index >= 15 is 0 Å². The Kier molecular flexibility index (Phi) is 6.36. The summed E-state index contributed by atoms with van der Waals surface area (Å²) in [6.07, 6.45) is 1.42. The highest BCUT2D eigenvalue weighted by molar-refractivity contribution is 5.84. The van der Waals surface area contributed by atoms with E-state index in [4.69, 9.17) is 9.47 Å². The number of nitrogens with one attached hydrogen (secondary N) is 1. The number of aromatic nitrogens is 2. The normalized spacial score (nSPS) is 10.8. The van der Waals surface area contributed by atoms with Crippen LogP contribution in [0.15, 0.2) is 77.9 Å². The Morgan fingerprint density at radius 1 is 0.788 bits per heavy atom. The minimum absolute atomic E-state index is 0.0314. The van der Waals surface area contributed by atoms with Crippen molar-refractivity contribution >= 4 is 12.2 Å². The average Bonchev–Trinajstić information content (AvgIpc) is 2.85. The van der Waals surface area contributed by atoms with Crippen molar-refractivity contribution in [2.24, 2.45) is 5.10 Å². The Balaban J connectivity index is 1.72. The predicted octanol–water partition coefficient (Wildman–Crippen LogP) is 4.69. The molecule has 1 aromatic heterocycles. The number of hydrogen-bond acceptors (Lipinski definition) is 8. The predicted molar refractivity (Wildman–Crippen MR) is 127 cm³/mol. The number of hydrogen-bond donors (Lipinski definition) is 3. The third-order valence-electron chi connectivity index (χ3n) is 4.86. The van der Waals surface area contributed by atoms with Crippen molar-refractivity contribution in [3.63, 3.8) is 0 Å². The zero-order valence-corrected chi connectivity index (χ0v) is 18.1. The SMILES string of the molecule is COc1ccc(-c2cc(-c3ccccc3)nc(N/N=C\c3ccc(O)cc3O)n2)cc1OC. The van der Waals surface area contributed by atoms with Gasteiger partial charge in [0.1, 0.15) is 11.5 Å². The molecule has 0 amide bonds. The summed E-state index contributed by atoms with van der Waals surface area (Å²) in [6, 6.07) is 21.4.